The van der Waals surface area contributed by atoms with E-state index in [1.54, 1.807) is 18.2 Å². The standard InChI is InChI=1S/C14H20N2O4/c1-10(18)15-11-6-7-13(20-2)12(9-11)16-14(19)5-3-4-8-17/h6-7,9,17H,3-5,8H2,1-2H3,(H,15,18)(H,16,19). The maximum atomic E-state index is 11.8. The molecule has 0 aliphatic heterocycles. The van der Waals surface area contributed by atoms with Crippen LogP contribution in [0.15, 0.2) is 18.2 Å². The van der Waals surface area contributed by atoms with E-state index in [4.69, 9.17) is 9.84 Å². The summed E-state index contributed by atoms with van der Waals surface area (Å²) >= 11 is 0. The number of rotatable bonds is 7. The highest BCUT2D eigenvalue weighted by Gasteiger charge is 2.09. The number of carbonyl (C=O) groups is 2. The van der Waals surface area contributed by atoms with Crippen LogP contribution in [-0.2, 0) is 9.59 Å². The molecule has 0 radical (unpaired) electrons. The number of unbranched alkanes of at least 4 members (excludes halogenated alkanes) is 1. The molecule has 20 heavy (non-hydrogen) atoms. The van der Waals surface area contributed by atoms with Crippen molar-refractivity contribution in [1.82, 2.24) is 0 Å². The molecule has 0 aliphatic carbocycles. The molecule has 0 saturated heterocycles. The van der Waals surface area contributed by atoms with Crippen LogP contribution in [-0.4, -0.2) is 30.6 Å². The van der Waals surface area contributed by atoms with Gasteiger partial charge in [-0.2, -0.15) is 0 Å². The third-order valence-electron chi connectivity index (χ3n) is 2.61. The second-order valence-electron chi connectivity index (χ2n) is 4.33. The van der Waals surface area contributed by atoms with Crippen LogP contribution < -0.4 is 15.4 Å². The molecule has 0 unspecified atom stereocenters. The number of anilines is 2. The molecule has 6 heteroatoms. The van der Waals surface area contributed by atoms with Crippen LogP contribution in [0.4, 0.5) is 11.4 Å². The van der Waals surface area contributed by atoms with Gasteiger partial charge in [-0.25, -0.2) is 0 Å². The van der Waals surface area contributed by atoms with Gasteiger partial charge in [-0.05, 0) is 31.0 Å². The van der Waals surface area contributed by atoms with E-state index in [2.05, 4.69) is 10.6 Å². The van der Waals surface area contributed by atoms with Gasteiger partial charge < -0.3 is 20.5 Å². The van der Waals surface area contributed by atoms with Crippen LogP contribution in [0.25, 0.3) is 0 Å². The van der Waals surface area contributed by atoms with Crippen molar-refractivity contribution in [2.45, 2.75) is 26.2 Å². The van der Waals surface area contributed by atoms with Crippen molar-refractivity contribution in [3.05, 3.63) is 18.2 Å². The molecule has 1 aromatic rings. The normalized spacial score (nSPS) is 9.95. The van der Waals surface area contributed by atoms with Crippen molar-refractivity contribution in [1.29, 1.82) is 0 Å². The summed E-state index contributed by atoms with van der Waals surface area (Å²) in [6.07, 6.45) is 1.54. The Labute approximate surface area is 118 Å². The molecule has 0 atom stereocenters. The van der Waals surface area contributed by atoms with Crippen molar-refractivity contribution >= 4 is 23.2 Å². The molecule has 0 heterocycles. The van der Waals surface area contributed by atoms with Gasteiger partial charge in [0.1, 0.15) is 5.75 Å². The third-order valence-corrected chi connectivity index (χ3v) is 2.61. The zero-order valence-corrected chi connectivity index (χ0v) is 11.7. The van der Waals surface area contributed by atoms with Crippen LogP contribution in [0.1, 0.15) is 26.2 Å². The van der Waals surface area contributed by atoms with E-state index in [1.165, 1.54) is 14.0 Å². The first-order valence-corrected chi connectivity index (χ1v) is 6.43. The van der Waals surface area contributed by atoms with Crippen LogP contribution in [0, 0.1) is 0 Å². The van der Waals surface area contributed by atoms with E-state index in [0.29, 0.717) is 36.4 Å². The molecule has 2 amide bonds. The highest BCUT2D eigenvalue weighted by molar-refractivity contribution is 5.94. The van der Waals surface area contributed by atoms with Gasteiger partial charge in [0, 0.05) is 25.6 Å². The molecule has 1 rings (SSSR count). The molecular formula is C14H20N2O4. The number of ether oxygens (including phenoxy) is 1. The summed E-state index contributed by atoms with van der Waals surface area (Å²) in [7, 11) is 1.51. The number of benzene rings is 1. The molecule has 0 spiro atoms. The molecule has 0 saturated carbocycles. The minimum Gasteiger partial charge on any atom is -0.495 e. The lowest BCUT2D eigenvalue weighted by Crippen LogP contribution is -2.13. The van der Waals surface area contributed by atoms with Crippen LogP contribution >= 0.6 is 0 Å². The number of hydrogen-bond donors (Lipinski definition) is 3. The topological polar surface area (TPSA) is 87.7 Å². The van der Waals surface area contributed by atoms with E-state index in [1.807, 2.05) is 0 Å². The number of nitrogens with one attached hydrogen (secondary N) is 2. The first-order chi connectivity index (χ1) is 9.56. The highest BCUT2D eigenvalue weighted by atomic mass is 16.5. The van der Waals surface area contributed by atoms with E-state index in [-0.39, 0.29) is 18.4 Å². The fourth-order valence-electron chi connectivity index (χ4n) is 1.70. The second kappa shape index (κ2) is 8.16. The molecular weight excluding hydrogens is 260 g/mol. The van der Waals surface area contributed by atoms with Gasteiger partial charge in [0.15, 0.2) is 0 Å². The van der Waals surface area contributed by atoms with E-state index < -0.39 is 0 Å². The average molecular weight is 280 g/mol. The van der Waals surface area contributed by atoms with Crippen molar-refractivity contribution in [3.8, 4) is 5.75 Å². The number of methoxy groups -OCH3 is 1. The summed E-state index contributed by atoms with van der Waals surface area (Å²) in [5.74, 6) is 0.182. The first-order valence-electron chi connectivity index (χ1n) is 6.43. The van der Waals surface area contributed by atoms with Gasteiger partial charge in [-0.3, -0.25) is 9.59 Å². The van der Waals surface area contributed by atoms with Gasteiger partial charge in [0.25, 0.3) is 0 Å². The van der Waals surface area contributed by atoms with Crippen LogP contribution in [0.5, 0.6) is 5.75 Å². The predicted octanol–water partition coefficient (Wildman–Crippen LogP) is 1.75. The maximum absolute atomic E-state index is 11.8. The van der Waals surface area contributed by atoms with Crippen molar-refractivity contribution < 1.29 is 19.4 Å². The molecule has 0 fully saturated rings. The van der Waals surface area contributed by atoms with Crippen LogP contribution in [0.3, 0.4) is 0 Å². The number of carbonyl (C=O) groups excluding carboxylic acids is 2. The first kappa shape index (κ1) is 16.0. The predicted molar refractivity (Wildman–Crippen MR) is 76.9 cm³/mol. The Balaban J connectivity index is 2.74. The SMILES string of the molecule is COc1ccc(NC(C)=O)cc1NC(=O)CCCCO. The number of aliphatic hydroxyl groups is 1. The molecule has 110 valence electrons. The van der Waals surface area contributed by atoms with Crippen molar-refractivity contribution in [2.24, 2.45) is 0 Å². The Hall–Kier alpha value is -2.08. The smallest absolute Gasteiger partial charge is 0.224 e. The molecule has 0 bridgehead atoms. The zero-order valence-electron chi connectivity index (χ0n) is 11.7. The molecule has 3 N–H and O–H groups in total. The van der Waals surface area contributed by atoms with E-state index >= 15 is 0 Å². The summed E-state index contributed by atoms with van der Waals surface area (Å²) in [6.45, 7) is 1.49. The summed E-state index contributed by atoms with van der Waals surface area (Å²) < 4.78 is 5.16. The third kappa shape index (κ3) is 5.27. The number of aliphatic hydroxyl groups excluding tert-OH is 1. The quantitative estimate of drug-likeness (QED) is 0.664. The Morgan fingerprint density at radius 1 is 1.25 bits per heavy atom. The van der Waals surface area contributed by atoms with Gasteiger partial charge in [0.05, 0.1) is 12.8 Å². The highest BCUT2D eigenvalue weighted by Crippen LogP contribution is 2.28. The number of amides is 2. The summed E-state index contributed by atoms with van der Waals surface area (Å²) in [6, 6.07) is 5.01. The second-order valence-corrected chi connectivity index (χ2v) is 4.33. The van der Waals surface area contributed by atoms with Crippen molar-refractivity contribution in [2.75, 3.05) is 24.4 Å². The summed E-state index contributed by atoms with van der Waals surface area (Å²) in [5, 5.41) is 14.1. The van der Waals surface area contributed by atoms with Gasteiger partial charge in [-0.15, -0.1) is 0 Å². The Morgan fingerprint density at radius 3 is 2.60 bits per heavy atom. The minimum absolute atomic E-state index is 0.0780. The van der Waals surface area contributed by atoms with Gasteiger partial charge in [0.2, 0.25) is 11.8 Å². The van der Waals surface area contributed by atoms with E-state index in [0.717, 1.165) is 0 Å². The Morgan fingerprint density at radius 2 is 2.00 bits per heavy atom. The largest absolute Gasteiger partial charge is 0.495 e. The van der Waals surface area contributed by atoms with Gasteiger partial charge in [-0.1, -0.05) is 0 Å². The van der Waals surface area contributed by atoms with Gasteiger partial charge >= 0.3 is 0 Å². The molecule has 0 aromatic heterocycles. The number of hydrogen-bond acceptors (Lipinski definition) is 4. The Bertz CT molecular complexity index is 474. The lowest BCUT2D eigenvalue weighted by atomic mass is 10.2. The van der Waals surface area contributed by atoms with E-state index in [9.17, 15) is 9.59 Å². The molecule has 0 aliphatic rings. The fourth-order valence-corrected chi connectivity index (χ4v) is 1.70. The lowest BCUT2D eigenvalue weighted by molar-refractivity contribution is -0.116. The average Bonchev–Trinajstić information content (AvgIpc) is 2.38. The zero-order chi connectivity index (χ0) is 15.0. The lowest BCUT2D eigenvalue weighted by Gasteiger charge is -2.12. The minimum atomic E-state index is -0.185. The molecule has 1 aromatic carbocycles. The monoisotopic (exact) mass is 280 g/mol. The summed E-state index contributed by atoms with van der Waals surface area (Å²) in [5.41, 5.74) is 1.09. The molecule has 6 nitrogen and oxygen atoms in total. The summed E-state index contributed by atoms with van der Waals surface area (Å²) in [4.78, 5) is 22.8. The Kier molecular flexibility index (Phi) is 6.52. The van der Waals surface area contributed by atoms with Crippen molar-refractivity contribution in [3.63, 3.8) is 0 Å². The van der Waals surface area contributed by atoms with Crippen LogP contribution in [0.2, 0.25) is 0 Å². The fraction of sp³-hybridized carbons (Fsp3) is 0.429. The maximum Gasteiger partial charge on any atom is 0.224 e.